The van der Waals surface area contributed by atoms with Crippen LogP contribution < -0.4 is 11.1 Å². The summed E-state index contributed by atoms with van der Waals surface area (Å²) < 4.78 is 0. The zero-order chi connectivity index (χ0) is 15.1. The number of aromatic nitrogens is 1. The van der Waals surface area contributed by atoms with Crippen molar-refractivity contribution < 1.29 is 5.21 Å². The lowest BCUT2D eigenvalue weighted by Gasteiger charge is -2.20. The van der Waals surface area contributed by atoms with Gasteiger partial charge in [0.15, 0.2) is 0 Å². The molecule has 1 aromatic heterocycles. The maximum absolute atomic E-state index is 8.97. The molecule has 0 saturated carbocycles. The molecule has 5 nitrogen and oxygen atoms in total. The highest BCUT2D eigenvalue weighted by Crippen LogP contribution is 2.17. The van der Waals surface area contributed by atoms with E-state index in [0.717, 1.165) is 11.1 Å². The van der Waals surface area contributed by atoms with Crippen LogP contribution in [-0.2, 0) is 0 Å². The van der Waals surface area contributed by atoms with Crippen molar-refractivity contribution in [3.8, 4) is 0 Å². The lowest BCUT2D eigenvalue weighted by atomic mass is 9.97. The van der Waals surface area contributed by atoms with E-state index in [4.69, 9.17) is 10.9 Å². The van der Waals surface area contributed by atoms with Crippen molar-refractivity contribution in [1.82, 2.24) is 10.3 Å². The molecule has 21 heavy (non-hydrogen) atoms. The standard InChI is InChI=1S/C16H20N4O/c1-12(14-8-5-9-18-10-14)19-11-15(16(17)20-21)13-6-3-2-4-7-13/h2-10,12,15,19,21H,11H2,1H3,(H2,17,20)/t12-,15?/m1/s1. The molecule has 5 heteroatoms. The van der Waals surface area contributed by atoms with Crippen LogP contribution in [0.5, 0.6) is 0 Å². The van der Waals surface area contributed by atoms with Crippen molar-refractivity contribution in [1.29, 1.82) is 0 Å². The van der Waals surface area contributed by atoms with Gasteiger partial charge in [-0.25, -0.2) is 0 Å². The Balaban J connectivity index is 2.07. The lowest BCUT2D eigenvalue weighted by Crippen LogP contribution is -2.33. The molecule has 0 spiro atoms. The molecule has 1 aromatic carbocycles. The summed E-state index contributed by atoms with van der Waals surface area (Å²) in [4.78, 5) is 4.11. The molecule has 2 aromatic rings. The summed E-state index contributed by atoms with van der Waals surface area (Å²) in [5, 5.41) is 15.5. The molecule has 0 aliphatic rings. The van der Waals surface area contributed by atoms with Gasteiger partial charge in [-0.05, 0) is 24.1 Å². The fourth-order valence-corrected chi connectivity index (χ4v) is 2.19. The molecule has 4 N–H and O–H groups in total. The largest absolute Gasteiger partial charge is 0.409 e. The van der Waals surface area contributed by atoms with Crippen LogP contribution in [0.4, 0.5) is 0 Å². The Morgan fingerprint density at radius 2 is 1.95 bits per heavy atom. The molecule has 1 heterocycles. The highest BCUT2D eigenvalue weighted by Gasteiger charge is 2.17. The third-order valence-corrected chi connectivity index (χ3v) is 3.49. The Morgan fingerprint density at radius 1 is 1.24 bits per heavy atom. The average Bonchev–Trinajstić information content (AvgIpc) is 2.56. The van der Waals surface area contributed by atoms with Gasteiger partial charge in [0, 0.05) is 25.0 Å². The number of nitrogens with zero attached hydrogens (tertiary/aromatic N) is 2. The van der Waals surface area contributed by atoms with Crippen molar-refractivity contribution in [3.63, 3.8) is 0 Å². The van der Waals surface area contributed by atoms with Gasteiger partial charge in [0.05, 0.1) is 5.92 Å². The summed E-state index contributed by atoms with van der Waals surface area (Å²) in [5.41, 5.74) is 7.94. The van der Waals surface area contributed by atoms with Gasteiger partial charge in [0.25, 0.3) is 0 Å². The summed E-state index contributed by atoms with van der Waals surface area (Å²) in [6.45, 7) is 2.64. The number of nitrogens with one attached hydrogen (secondary N) is 1. The second-order valence-electron chi connectivity index (χ2n) is 4.90. The normalized spacial score (nSPS) is 14.6. The minimum Gasteiger partial charge on any atom is -0.409 e. The fraction of sp³-hybridized carbons (Fsp3) is 0.250. The maximum atomic E-state index is 8.97. The Kier molecular flexibility index (Phi) is 5.29. The number of hydrogen-bond donors (Lipinski definition) is 3. The van der Waals surface area contributed by atoms with E-state index in [0.29, 0.717) is 6.54 Å². The minimum absolute atomic E-state index is 0.136. The van der Waals surface area contributed by atoms with Gasteiger partial charge in [0.2, 0.25) is 0 Å². The predicted molar refractivity (Wildman–Crippen MR) is 83.2 cm³/mol. The monoisotopic (exact) mass is 284 g/mol. The van der Waals surface area contributed by atoms with Crippen LogP contribution >= 0.6 is 0 Å². The molecule has 0 saturated heterocycles. The third-order valence-electron chi connectivity index (χ3n) is 3.49. The van der Waals surface area contributed by atoms with Gasteiger partial charge in [-0.2, -0.15) is 0 Å². The van der Waals surface area contributed by atoms with E-state index in [9.17, 15) is 0 Å². The van der Waals surface area contributed by atoms with Gasteiger partial charge in [0.1, 0.15) is 5.84 Å². The molecule has 0 aliphatic carbocycles. The molecular weight excluding hydrogens is 264 g/mol. The quantitative estimate of drug-likeness (QED) is 0.329. The molecule has 0 radical (unpaired) electrons. The first-order valence-electron chi connectivity index (χ1n) is 6.88. The maximum Gasteiger partial charge on any atom is 0.147 e. The predicted octanol–water partition coefficient (Wildman–Crippen LogP) is 2.26. The molecule has 1 unspecified atom stereocenters. The number of amidine groups is 1. The Hall–Kier alpha value is -2.40. The van der Waals surface area contributed by atoms with Gasteiger partial charge in [-0.3, -0.25) is 4.98 Å². The van der Waals surface area contributed by atoms with E-state index in [-0.39, 0.29) is 17.8 Å². The highest BCUT2D eigenvalue weighted by molar-refractivity contribution is 5.87. The van der Waals surface area contributed by atoms with Crippen LogP contribution in [0.3, 0.4) is 0 Å². The molecule has 2 atom stereocenters. The summed E-state index contributed by atoms with van der Waals surface area (Å²) >= 11 is 0. The number of hydrogen-bond acceptors (Lipinski definition) is 4. The zero-order valence-electron chi connectivity index (χ0n) is 12.0. The van der Waals surface area contributed by atoms with Crippen LogP contribution in [0.15, 0.2) is 60.0 Å². The molecular formula is C16H20N4O. The number of oxime groups is 1. The van der Waals surface area contributed by atoms with Gasteiger partial charge in [-0.1, -0.05) is 41.6 Å². The second-order valence-corrected chi connectivity index (χ2v) is 4.90. The third kappa shape index (κ3) is 4.03. The van der Waals surface area contributed by atoms with Gasteiger partial charge in [-0.15, -0.1) is 0 Å². The minimum atomic E-state index is -0.171. The van der Waals surface area contributed by atoms with Crippen LogP contribution in [0.25, 0.3) is 0 Å². The van der Waals surface area contributed by atoms with Crippen LogP contribution in [0, 0.1) is 0 Å². The van der Waals surface area contributed by atoms with E-state index in [1.165, 1.54) is 0 Å². The summed E-state index contributed by atoms with van der Waals surface area (Å²) in [6, 6.07) is 13.8. The molecule has 0 bridgehead atoms. The topological polar surface area (TPSA) is 83.5 Å². The van der Waals surface area contributed by atoms with Crippen LogP contribution in [0.2, 0.25) is 0 Å². The Morgan fingerprint density at radius 3 is 2.57 bits per heavy atom. The molecule has 0 amide bonds. The van der Waals surface area contributed by atoms with Gasteiger partial charge >= 0.3 is 0 Å². The smallest absolute Gasteiger partial charge is 0.147 e. The van der Waals surface area contributed by atoms with Crippen LogP contribution in [-0.4, -0.2) is 22.6 Å². The first kappa shape index (κ1) is 15.0. The number of rotatable bonds is 6. The van der Waals surface area contributed by atoms with Crippen molar-refractivity contribution in [2.75, 3.05) is 6.54 Å². The highest BCUT2D eigenvalue weighted by atomic mass is 16.4. The van der Waals surface area contributed by atoms with Crippen molar-refractivity contribution >= 4 is 5.84 Å². The summed E-state index contributed by atoms with van der Waals surface area (Å²) in [6.07, 6.45) is 3.58. The van der Waals surface area contributed by atoms with Crippen LogP contribution in [0.1, 0.15) is 30.0 Å². The van der Waals surface area contributed by atoms with Crippen molar-refractivity contribution in [2.45, 2.75) is 18.9 Å². The SMILES string of the molecule is C[C@@H](NCC(/C(N)=N/O)c1ccccc1)c1cccnc1. The zero-order valence-corrected chi connectivity index (χ0v) is 12.0. The average molecular weight is 284 g/mol. The van der Waals surface area contributed by atoms with Crippen molar-refractivity contribution in [3.05, 3.63) is 66.0 Å². The van der Waals surface area contributed by atoms with E-state index in [1.807, 2.05) is 48.7 Å². The van der Waals surface area contributed by atoms with E-state index in [2.05, 4.69) is 22.4 Å². The summed E-state index contributed by atoms with van der Waals surface area (Å²) in [5.74, 6) is 0.0300. The van der Waals surface area contributed by atoms with Crippen molar-refractivity contribution in [2.24, 2.45) is 10.9 Å². The molecule has 110 valence electrons. The first-order valence-corrected chi connectivity index (χ1v) is 6.88. The van der Waals surface area contributed by atoms with E-state index >= 15 is 0 Å². The number of pyridine rings is 1. The van der Waals surface area contributed by atoms with E-state index in [1.54, 1.807) is 6.20 Å². The molecule has 0 fully saturated rings. The molecule has 2 rings (SSSR count). The summed E-state index contributed by atoms with van der Waals surface area (Å²) in [7, 11) is 0. The van der Waals surface area contributed by atoms with E-state index < -0.39 is 0 Å². The first-order chi connectivity index (χ1) is 10.2. The number of benzene rings is 1. The molecule has 0 aliphatic heterocycles. The second kappa shape index (κ2) is 7.40. The number of nitrogens with two attached hydrogens (primary N) is 1. The van der Waals surface area contributed by atoms with Gasteiger partial charge < -0.3 is 16.3 Å². The lowest BCUT2D eigenvalue weighted by molar-refractivity contribution is 0.315. The fourth-order valence-electron chi connectivity index (χ4n) is 2.19. The Bertz CT molecular complexity index is 571. The Labute approximate surface area is 124 Å².